The second-order valence-corrected chi connectivity index (χ2v) is 6.44. The summed E-state index contributed by atoms with van der Waals surface area (Å²) in [5.74, 6) is 0.356. The second-order valence-electron chi connectivity index (χ2n) is 6.44. The van der Waals surface area contributed by atoms with Crippen molar-refractivity contribution in [2.45, 2.75) is 20.3 Å². The molecule has 2 aromatic heterocycles. The Labute approximate surface area is 157 Å². The van der Waals surface area contributed by atoms with Crippen LogP contribution in [0.2, 0.25) is 0 Å². The molecule has 4 rings (SSSR count). The number of aromatic nitrogens is 2. The molecule has 4 aromatic rings. The highest BCUT2D eigenvalue weighted by Gasteiger charge is 2.14. The zero-order valence-corrected chi connectivity index (χ0v) is 15.2. The Hall–Kier alpha value is -3.34. The van der Waals surface area contributed by atoms with Crippen molar-refractivity contribution in [3.8, 4) is 11.3 Å². The second kappa shape index (κ2) is 7.11. The predicted molar refractivity (Wildman–Crippen MR) is 105 cm³/mol. The lowest BCUT2D eigenvalue weighted by atomic mass is 10.1. The first-order chi connectivity index (χ1) is 13.1. The number of rotatable bonds is 4. The molecule has 0 radical (unpaired) electrons. The minimum absolute atomic E-state index is 0.295. The van der Waals surface area contributed by atoms with Gasteiger partial charge >= 0.3 is 0 Å². The van der Waals surface area contributed by atoms with E-state index < -0.39 is 0 Å². The topological polar surface area (TPSA) is 42.0 Å². The number of hydrogen-bond acceptors (Lipinski definition) is 3. The molecule has 0 unspecified atom stereocenters. The van der Waals surface area contributed by atoms with E-state index >= 15 is 0 Å². The first-order valence-electron chi connectivity index (χ1n) is 8.89. The maximum absolute atomic E-state index is 13.1. The predicted octanol–water partition coefficient (Wildman–Crippen LogP) is 6.43. The molecule has 0 amide bonds. The molecule has 0 aliphatic heterocycles. The number of fused-ring (bicyclic) bond motifs is 1. The van der Waals surface area contributed by atoms with Crippen molar-refractivity contribution in [3.05, 3.63) is 83.8 Å². The highest BCUT2D eigenvalue weighted by atomic mass is 19.1. The van der Waals surface area contributed by atoms with Crippen molar-refractivity contribution in [2.75, 3.05) is 0 Å². The van der Waals surface area contributed by atoms with Crippen LogP contribution in [0, 0.1) is 12.7 Å². The van der Waals surface area contributed by atoms with E-state index in [-0.39, 0.29) is 5.82 Å². The van der Waals surface area contributed by atoms with Crippen molar-refractivity contribution in [2.24, 2.45) is 10.2 Å². The summed E-state index contributed by atoms with van der Waals surface area (Å²) in [6.07, 6.45) is 2.93. The lowest BCUT2D eigenvalue weighted by Crippen LogP contribution is -1.84. The molecule has 0 atom stereocenters. The highest BCUT2D eigenvalue weighted by Crippen LogP contribution is 2.32. The maximum atomic E-state index is 13.1. The van der Waals surface area contributed by atoms with Gasteiger partial charge in [0.2, 0.25) is 0 Å². The van der Waals surface area contributed by atoms with Crippen molar-refractivity contribution in [3.63, 3.8) is 0 Å². The van der Waals surface area contributed by atoms with Crippen LogP contribution >= 0.6 is 0 Å². The summed E-state index contributed by atoms with van der Waals surface area (Å²) in [6.45, 7) is 4.16. The van der Waals surface area contributed by atoms with E-state index in [1.807, 2.05) is 29.7 Å². The summed E-state index contributed by atoms with van der Waals surface area (Å²) >= 11 is 0. The molecule has 0 aliphatic carbocycles. The number of halogens is 1. The van der Waals surface area contributed by atoms with Crippen LogP contribution in [-0.2, 0) is 6.42 Å². The molecule has 0 N–H and O–H groups in total. The van der Waals surface area contributed by atoms with Gasteiger partial charge in [-0.25, -0.2) is 9.37 Å². The van der Waals surface area contributed by atoms with Gasteiger partial charge in [0.1, 0.15) is 17.2 Å². The molecule has 2 aromatic carbocycles. The average Bonchev–Trinajstić information content (AvgIpc) is 3.05. The van der Waals surface area contributed by atoms with Crippen molar-refractivity contribution >= 4 is 17.2 Å². The number of hydrogen-bond donors (Lipinski definition) is 0. The highest BCUT2D eigenvalue weighted by molar-refractivity contribution is 5.74. The summed E-state index contributed by atoms with van der Waals surface area (Å²) in [5, 5.41) is 8.73. The molecule has 0 fully saturated rings. The molecule has 0 spiro atoms. The third kappa shape index (κ3) is 3.49. The minimum atomic E-state index is -0.295. The lowest BCUT2D eigenvalue weighted by Gasteiger charge is -2.02. The van der Waals surface area contributed by atoms with Gasteiger partial charge in [-0.2, -0.15) is 0 Å². The molecule has 0 aliphatic rings. The summed E-state index contributed by atoms with van der Waals surface area (Å²) in [7, 11) is 0. The SMILES string of the molecule is CCc1ccc(-c2nc3cc(C)ccn3c2N=Nc2ccc(F)cc2)cc1. The van der Waals surface area contributed by atoms with Crippen LogP contribution in [0.4, 0.5) is 15.9 Å². The Bertz CT molecular complexity index is 1110. The molecule has 0 saturated heterocycles. The first kappa shape index (κ1) is 17.1. The number of azo groups is 1. The molecule has 5 heteroatoms. The molecular weight excluding hydrogens is 339 g/mol. The Morgan fingerprint density at radius 2 is 1.70 bits per heavy atom. The monoisotopic (exact) mass is 358 g/mol. The van der Waals surface area contributed by atoms with Crippen LogP contribution in [0.25, 0.3) is 16.9 Å². The van der Waals surface area contributed by atoms with Crippen molar-refractivity contribution in [1.29, 1.82) is 0 Å². The molecule has 4 nitrogen and oxygen atoms in total. The zero-order chi connectivity index (χ0) is 18.8. The summed E-state index contributed by atoms with van der Waals surface area (Å²) in [4.78, 5) is 4.77. The van der Waals surface area contributed by atoms with E-state index in [9.17, 15) is 4.39 Å². The van der Waals surface area contributed by atoms with Crippen LogP contribution in [0.3, 0.4) is 0 Å². The summed E-state index contributed by atoms with van der Waals surface area (Å²) in [6, 6.07) is 18.3. The Morgan fingerprint density at radius 1 is 0.963 bits per heavy atom. The summed E-state index contributed by atoms with van der Waals surface area (Å²) < 4.78 is 15.0. The number of imidazole rings is 1. The Balaban J connectivity index is 1.84. The van der Waals surface area contributed by atoms with Gasteiger partial charge in [0.15, 0.2) is 5.82 Å². The molecule has 2 heterocycles. The van der Waals surface area contributed by atoms with Crippen LogP contribution in [-0.4, -0.2) is 9.38 Å². The lowest BCUT2D eigenvalue weighted by molar-refractivity contribution is 0.628. The molecule has 0 saturated carbocycles. The van der Waals surface area contributed by atoms with Gasteiger partial charge in [0.25, 0.3) is 0 Å². The van der Waals surface area contributed by atoms with E-state index in [1.165, 1.54) is 17.7 Å². The molecular formula is C22H19FN4. The van der Waals surface area contributed by atoms with Crippen LogP contribution < -0.4 is 0 Å². The minimum Gasteiger partial charge on any atom is -0.283 e. The van der Waals surface area contributed by atoms with Crippen molar-refractivity contribution in [1.82, 2.24) is 9.38 Å². The van der Waals surface area contributed by atoms with E-state index in [4.69, 9.17) is 4.98 Å². The average molecular weight is 358 g/mol. The van der Waals surface area contributed by atoms with Crippen LogP contribution in [0.15, 0.2) is 77.1 Å². The van der Waals surface area contributed by atoms with Gasteiger partial charge in [-0.3, -0.25) is 4.40 Å². The van der Waals surface area contributed by atoms with Gasteiger partial charge in [0.05, 0.1) is 5.69 Å². The van der Waals surface area contributed by atoms with Crippen LogP contribution in [0.5, 0.6) is 0 Å². The van der Waals surface area contributed by atoms with E-state index in [2.05, 4.69) is 41.4 Å². The zero-order valence-electron chi connectivity index (χ0n) is 15.2. The number of pyridine rings is 1. The molecule has 0 bridgehead atoms. The number of benzene rings is 2. The largest absolute Gasteiger partial charge is 0.283 e. The fraction of sp³-hybridized carbons (Fsp3) is 0.136. The quantitative estimate of drug-likeness (QED) is 0.388. The first-order valence-corrected chi connectivity index (χ1v) is 8.89. The summed E-state index contributed by atoms with van der Waals surface area (Å²) in [5.41, 5.74) is 5.56. The number of nitrogens with zero attached hydrogens (tertiary/aromatic N) is 4. The third-order valence-electron chi connectivity index (χ3n) is 4.48. The standard InChI is InChI=1S/C22H19FN4/c1-3-16-4-6-17(7-5-16)21-22(26-25-19-10-8-18(23)9-11-19)27-13-12-15(2)14-20(27)24-21/h4-14H,3H2,1-2H3. The molecule has 27 heavy (non-hydrogen) atoms. The molecule has 134 valence electrons. The van der Waals surface area contributed by atoms with Gasteiger partial charge in [-0.15, -0.1) is 10.2 Å². The fourth-order valence-electron chi connectivity index (χ4n) is 2.93. The fourth-order valence-corrected chi connectivity index (χ4v) is 2.93. The van der Waals surface area contributed by atoms with E-state index in [0.717, 1.165) is 28.9 Å². The van der Waals surface area contributed by atoms with Gasteiger partial charge < -0.3 is 0 Å². The van der Waals surface area contributed by atoms with Gasteiger partial charge in [-0.1, -0.05) is 31.2 Å². The smallest absolute Gasteiger partial charge is 0.187 e. The van der Waals surface area contributed by atoms with E-state index in [1.54, 1.807) is 12.1 Å². The van der Waals surface area contributed by atoms with Gasteiger partial charge in [-0.05, 0) is 60.9 Å². The van der Waals surface area contributed by atoms with E-state index in [0.29, 0.717) is 11.5 Å². The Kier molecular flexibility index (Phi) is 4.50. The third-order valence-corrected chi connectivity index (χ3v) is 4.48. The van der Waals surface area contributed by atoms with Crippen molar-refractivity contribution < 1.29 is 4.39 Å². The maximum Gasteiger partial charge on any atom is 0.187 e. The van der Waals surface area contributed by atoms with Gasteiger partial charge in [0, 0.05) is 11.8 Å². The van der Waals surface area contributed by atoms with Crippen LogP contribution in [0.1, 0.15) is 18.1 Å². The number of aryl methyl sites for hydroxylation is 2. The normalized spacial score (nSPS) is 11.5. The Morgan fingerprint density at radius 3 is 2.41 bits per heavy atom.